The minimum atomic E-state index is -0.0655. The molecule has 3 nitrogen and oxygen atoms in total. The number of carbonyl (C=O) groups is 2. The average Bonchev–Trinajstić information content (AvgIpc) is 2.69. The molecule has 0 bridgehead atoms. The number of benzene rings is 1. The second kappa shape index (κ2) is 4.37. The van der Waals surface area contributed by atoms with Crippen LogP contribution in [0.15, 0.2) is 36.5 Å². The SMILES string of the molecule is Cc1cccc(C(=O)c2cc(C=O)cn2C)c1. The lowest BCUT2D eigenvalue weighted by molar-refractivity contribution is 0.103. The van der Waals surface area contributed by atoms with Crippen LogP contribution >= 0.6 is 0 Å². The molecule has 0 atom stereocenters. The molecule has 86 valence electrons. The van der Waals surface area contributed by atoms with Crippen molar-refractivity contribution in [2.24, 2.45) is 7.05 Å². The summed E-state index contributed by atoms with van der Waals surface area (Å²) in [6.07, 6.45) is 2.39. The number of aromatic nitrogens is 1. The van der Waals surface area contributed by atoms with E-state index in [0.717, 1.165) is 11.8 Å². The Morgan fingerprint density at radius 1 is 1.29 bits per heavy atom. The first-order chi connectivity index (χ1) is 8.11. The molecule has 2 rings (SSSR count). The van der Waals surface area contributed by atoms with E-state index in [4.69, 9.17) is 0 Å². The van der Waals surface area contributed by atoms with Crippen molar-refractivity contribution in [2.75, 3.05) is 0 Å². The molecule has 0 unspecified atom stereocenters. The molecule has 0 amide bonds. The van der Waals surface area contributed by atoms with Crippen LogP contribution in [0.4, 0.5) is 0 Å². The van der Waals surface area contributed by atoms with Gasteiger partial charge in [-0.05, 0) is 19.1 Å². The van der Waals surface area contributed by atoms with E-state index in [2.05, 4.69) is 0 Å². The van der Waals surface area contributed by atoms with Crippen LogP contribution < -0.4 is 0 Å². The first-order valence-corrected chi connectivity index (χ1v) is 5.34. The van der Waals surface area contributed by atoms with Crippen LogP contribution in [0.3, 0.4) is 0 Å². The Hall–Kier alpha value is -2.16. The van der Waals surface area contributed by atoms with Gasteiger partial charge in [-0.15, -0.1) is 0 Å². The third kappa shape index (κ3) is 2.18. The Morgan fingerprint density at radius 2 is 2.06 bits per heavy atom. The van der Waals surface area contributed by atoms with E-state index in [0.29, 0.717) is 16.8 Å². The molecule has 0 saturated carbocycles. The molecule has 0 aliphatic rings. The Morgan fingerprint density at radius 3 is 2.65 bits per heavy atom. The van der Waals surface area contributed by atoms with Gasteiger partial charge in [0.05, 0.1) is 5.69 Å². The van der Waals surface area contributed by atoms with Gasteiger partial charge in [0.2, 0.25) is 5.78 Å². The van der Waals surface area contributed by atoms with Gasteiger partial charge in [0.25, 0.3) is 0 Å². The van der Waals surface area contributed by atoms with Crippen molar-refractivity contribution in [2.45, 2.75) is 6.92 Å². The number of aryl methyl sites for hydroxylation is 2. The van der Waals surface area contributed by atoms with Crippen LogP contribution in [0, 0.1) is 6.92 Å². The van der Waals surface area contributed by atoms with Crippen molar-refractivity contribution in [1.82, 2.24) is 4.57 Å². The fourth-order valence-corrected chi connectivity index (χ4v) is 1.81. The van der Waals surface area contributed by atoms with Gasteiger partial charge >= 0.3 is 0 Å². The molecule has 1 heterocycles. The second-order valence-electron chi connectivity index (χ2n) is 4.09. The minimum Gasteiger partial charge on any atom is -0.347 e. The Kier molecular flexibility index (Phi) is 2.91. The summed E-state index contributed by atoms with van der Waals surface area (Å²) >= 11 is 0. The summed E-state index contributed by atoms with van der Waals surface area (Å²) in [6, 6.07) is 9.03. The zero-order valence-electron chi connectivity index (χ0n) is 9.81. The Labute approximate surface area is 99.7 Å². The van der Waals surface area contributed by atoms with Crippen LogP contribution in [-0.2, 0) is 7.05 Å². The van der Waals surface area contributed by atoms with E-state index >= 15 is 0 Å². The van der Waals surface area contributed by atoms with Gasteiger partial charge in [0.15, 0.2) is 6.29 Å². The van der Waals surface area contributed by atoms with Crippen LogP contribution in [0.2, 0.25) is 0 Å². The number of ketones is 1. The van der Waals surface area contributed by atoms with Gasteiger partial charge < -0.3 is 4.57 Å². The maximum Gasteiger partial charge on any atom is 0.209 e. The van der Waals surface area contributed by atoms with Crippen LogP contribution in [0.25, 0.3) is 0 Å². The summed E-state index contributed by atoms with van der Waals surface area (Å²) in [6.45, 7) is 1.94. The van der Waals surface area contributed by atoms with Gasteiger partial charge in [-0.2, -0.15) is 0 Å². The highest BCUT2D eigenvalue weighted by Crippen LogP contribution is 2.13. The van der Waals surface area contributed by atoms with Crippen molar-refractivity contribution in [3.8, 4) is 0 Å². The molecule has 2 aromatic rings. The molecule has 17 heavy (non-hydrogen) atoms. The number of hydrogen-bond acceptors (Lipinski definition) is 2. The van der Waals surface area contributed by atoms with Gasteiger partial charge in [-0.3, -0.25) is 9.59 Å². The van der Waals surface area contributed by atoms with Gasteiger partial charge in [-0.1, -0.05) is 23.8 Å². The summed E-state index contributed by atoms with van der Waals surface area (Å²) in [5.41, 5.74) is 2.73. The molecule has 0 N–H and O–H groups in total. The molecule has 3 heteroatoms. The molecule has 0 aliphatic heterocycles. The van der Waals surface area contributed by atoms with E-state index in [1.54, 1.807) is 29.9 Å². The van der Waals surface area contributed by atoms with Gasteiger partial charge in [0, 0.05) is 24.4 Å². The van der Waals surface area contributed by atoms with Crippen molar-refractivity contribution in [1.29, 1.82) is 0 Å². The summed E-state index contributed by atoms with van der Waals surface area (Å²) in [7, 11) is 1.76. The van der Waals surface area contributed by atoms with E-state index in [9.17, 15) is 9.59 Å². The van der Waals surface area contributed by atoms with E-state index in [1.165, 1.54) is 0 Å². The first kappa shape index (κ1) is 11.3. The van der Waals surface area contributed by atoms with Crippen molar-refractivity contribution in [3.05, 3.63) is 58.9 Å². The second-order valence-corrected chi connectivity index (χ2v) is 4.09. The highest BCUT2D eigenvalue weighted by atomic mass is 16.1. The Bertz CT molecular complexity index is 582. The highest BCUT2D eigenvalue weighted by molar-refractivity contribution is 6.08. The average molecular weight is 227 g/mol. The quantitative estimate of drug-likeness (QED) is 0.596. The van der Waals surface area contributed by atoms with Gasteiger partial charge in [-0.25, -0.2) is 0 Å². The van der Waals surface area contributed by atoms with Crippen LogP contribution in [0.5, 0.6) is 0 Å². The van der Waals surface area contributed by atoms with Crippen molar-refractivity contribution in [3.63, 3.8) is 0 Å². The third-order valence-electron chi connectivity index (χ3n) is 2.68. The Balaban J connectivity index is 2.43. The molecular formula is C14H13NO2. The molecule has 0 aliphatic carbocycles. The molecular weight excluding hydrogens is 214 g/mol. The fraction of sp³-hybridized carbons (Fsp3) is 0.143. The smallest absolute Gasteiger partial charge is 0.209 e. The van der Waals surface area contributed by atoms with E-state index in [1.807, 2.05) is 25.1 Å². The maximum absolute atomic E-state index is 12.2. The van der Waals surface area contributed by atoms with Crippen molar-refractivity contribution >= 4 is 12.1 Å². The summed E-state index contributed by atoms with van der Waals surface area (Å²) in [4.78, 5) is 22.9. The van der Waals surface area contributed by atoms with E-state index in [-0.39, 0.29) is 5.78 Å². The fourth-order valence-electron chi connectivity index (χ4n) is 1.81. The zero-order chi connectivity index (χ0) is 12.4. The van der Waals surface area contributed by atoms with Crippen LogP contribution in [0.1, 0.15) is 32.0 Å². The molecule has 0 spiro atoms. The molecule has 0 fully saturated rings. The molecule has 1 aromatic carbocycles. The number of rotatable bonds is 3. The minimum absolute atomic E-state index is 0.0655. The van der Waals surface area contributed by atoms with Crippen LogP contribution in [-0.4, -0.2) is 16.6 Å². The van der Waals surface area contributed by atoms with Crippen molar-refractivity contribution < 1.29 is 9.59 Å². The number of aldehydes is 1. The number of hydrogen-bond donors (Lipinski definition) is 0. The van der Waals surface area contributed by atoms with E-state index < -0.39 is 0 Å². The van der Waals surface area contributed by atoms with Gasteiger partial charge in [0.1, 0.15) is 0 Å². The predicted octanol–water partition coefficient (Wildman–Crippen LogP) is 2.38. The summed E-state index contributed by atoms with van der Waals surface area (Å²) < 4.78 is 1.67. The topological polar surface area (TPSA) is 39.1 Å². The molecule has 0 saturated heterocycles. The monoisotopic (exact) mass is 227 g/mol. The number of nitrogens with zero attached hydrogens (tertiary/aromatic N) is 1. The third-order valence-corrected chi connectivity index (χ3v) is 2.68. The molecule has 0 radical (unpaired) electrons. The lowest BCUT2D eigenvalue weighted by atomic mass is 10.1. The predicted molar refractivity (Wildman–Crippen MR) is 65.4 cm³/mol. The summed E-state index contributed by atoms with van der Waals surface area (Å²) in [5.74, 6) is -0.0655. The number of carbonyl (C=O) groups excluding carboxylic acids is 2. The largest absolute Gasteiger partial charge is 0.347 e. The normalized spacial score (nSPS) is 10.2. The lowest BCUT2D eigenvalue weighted by Gasteiger charge is -2.03. The zero-order valence-corrected chi connectivity index (χ0v) is 9.81. The highest BCUT2D eigenvalue weighted by Gasteiger charge is 2.13. The lowest BCUT2D eigenvalue weighted by Crippen LogP contribution is -2.06. The standard InChI is InChI=1S/C14H13NO2/c1-10-4-3-5-12(6-10)14(17)13-7-11(9-16)8-15(13)2/h3-9H,1-2H3. The summed E-state index contributed by atoms with van der Waals surface area (Å²) in [5, 5.41) is 0. The molecule has 1 aromatic heterocycles. The first-order valence-electron chi connectivity index (χ1n) is 5.34. The maximum atomic E-state index is 12.2.